The summed E-state index contributed by atoms with van der Waals surface area (Å²) in [6.45, 7) is 2.14. The molecule has 0 spiro atoms. The molecule has 3 aromatic carbocycles. The van der Waals surface area contributed by atoms with Crippen molar-refractivity contribution in [3.8, 4) is 5.75 Å². The molecule has 0 saturated heterocycles. The first-order valence-corrected chi connectivity index (χ1v) is 13.6. The first kappa shape index (κ1) is 23.4. The standard InChI is InChI=1S/C28H30N2O4S/c1-20-18-23(35(32,33)30-17-7-11-22-9-3-5-14-26(22)30)15-16-27(20)34-19-28(31)29-25-13-6-10-21-8-2-4-12-24(21)25/h2-5,8-9,12,14-16,18,25H,6-7,10-11,13,17,19H2,1H3,(H,29,31). The SMILES string of the molecule is Cc1cc(S(=O)(=O)N2CCCc3ccccc32)ccc1OCC(=O)NC1CCCc2ccccc21. The van der Waals surface area contributed by atoms with Crippen LogP contribution in [0.15, 0.2) is 71.6 Å². The second-order valence-corrected chi connectivity index (χ2v) is 11.1. The van der Waals surface area contributed by atoms with E-state index in [1.807, 2.05) is 36.4 Å². The molecule has 1 unspecified atom stereocenters. The van der Waals surface area contributed by atoms with Gasteiger partial charge in [-0.1, -0.05) is 42.5 Å². The van der Waals surface area contributed by atoms with E-state index < -0.39 is 10.0 Å². The van der Waals surface area contributed by atoms with Crippen LogP contribution in [-0.4, -0.2) is 27.5 Å². The maximum Gasteiger partial charge on any atom is 0.264 e. The molecule has 5 rings (SSSR count). The number of hydrogen-bond acceptors (Lipinski definition) is 4. The Labute approximate surface area is 207 Å². The second-order valence-electron chi connectivity index (χ2n) is 9.24. The van der Waals surface area contributed by atoms with Gasteiger partial charge < -0.3 is 10.1 Å². The maximum atomic E-state index is 13.4. The minimum Gasteiger partial charge on any atom is -0.484 e. The van der Waals surface area contributed by atoms with E-state index in [2.05, 4.69) is 17.4 Å². The highest BCUT2D eigenvalue weighted by molar-refractivity contribution is 7.92. The van der Waals surface area contributed by atoms with Crippen molar-refractivity contribution in [1.29, 1.82) is 0 Å². The molecule has 7 heteroatoms. The van der Waals surface area contributed by atoms with Crippen LogP contribution < -0.4 is 14.4 Å². The van der Waals surface area contributed by atoms with E-state index in [4.69, 9.17) is 4.74 Å². The second kappa shape index (κ2) is 9.74. The minimum absolute atomic E-state index is 0.00270. The highest BCUT2D eigenvalue weighted by Crippen LogP contribution is 2.33. The van der Waals surface area contributed by atoms with Crippen LogP contribution >= 0.6 is 0 Å². The van der Waals surface area contributed by atoms with Crippen molar-refractivity contribution >= 4 is 21.6 Å². The van der Waals surface area contributed by atoms with E-state index in [-0.39, 0.29) is 23.5 Å². The Bertz CT molecular complexity index is 1350. The normalized spacial score (nSPS) is 17.3. The van der Waals surface area contributed by atoms with Gasteiger partial charge in [0, 0.05) is 6.54 Å². The number of nitrogens with zero attached hydrogens (tertiary/aromatic N) is 1. The molecule has 6 nitrogen and oxygen atoms in total. The van der Waals surface area contributed by atoms with Crippen LogP contribution in [0.2, 0.25) is 0 Å². The Morgan fingerprint density at radius 3 is 2.57 bits per heavy atom. The molecule has 1 N–H and O–H groups in total. The highest BCUT2D eigenvalue weighted by Gasteiger charge is 2.29. The number of amides is 1. The van der Waals surface area contributed by atoms with Crippen molar-refractivity contribution in [3.05, 3.63) is 89.0 Å². The third kappa shape index (κ3) is 4.78. The lowest BCUT2D eigenvalue weighted by molar-refractivity contribution is -0.124. The Balaban J connectivity index is 1.26. The van der Waals surface area contributed by atoms with Crippen LogP contribution in [-0.2, 0) is 27.7 Å². The molecule has 1 amide bonds. The van der Waals surface area contributed by atoms with Crippen molar-refractivity contribution in [2.45, 2.75) is 50.0 Å². The summed E-state index contributed by atoms with van der Waals surface area (Å²) in [5, 5.41) is 3.09. The van der Waals surface area contributed by atoms with Gasteiger partial charge in [-0.3, -0.25) is 9.10 Å². The van der Waals surface area contributed by atoms with Gasteiger partial charge in [0.1, 0.15) is 5.75 Å². The fourth-order valence-corrected chi connectivity index (χ4v) is 6.73. The summed E-state index contributed by atoms with van der Waals surface area (Å²) < 4.78 is 34.1. The molecule has 1 heterocycles. The summed E-state index contributed by atoms with van der Waals surface area (Å²) in [7, 11) is -3.70. The number of carbonyl (C=O) groups excluding carboxylic acids is 1. The zero-order valence-corrected chi connectivity index (χ0v) is 20.7. The number of nitrogens with one attached hydrogen (secondary N) is 1. The van der Waals surface area contributed by atoms with Crippen LogP contribution in [0.25, 0.3) is 0 Å². The molecule has 182 valence electrons. The smallest absolute Gasteiger partial charge is 0.264 e. The van der Waals surface area contributed by atoms with Crippen LogP contribution in [0.3, 0.4) is 0 Å². The molecule has 0 aromatic heterocycles. The third-order valence-corrected chi connectivity index (χ3v) is 8.67. The lowest BCUT2D eigenvalue weighted by atomic mass is 9.88. The van der Waals surface area contributed by atoms with Crippen molar-refractivity contribution in [2.24, 2.45) is 0 Å². The Hall–Kier alpha value is -3.32. The zero-order valence-electron chi connectivity index (χ0n) is 19.9. The fourth-order valence-electron chi connectivity index (χ4n) is 5.10. The predicted octanol–water partition coefficient (Wildman–Crippen LogP) is 4.71. The largest absolute Gasteiger partial charge is 0.484 e. The van der Waals surface area contributed by atoms with Gasteiger partial charge in [0.05, 0.1) is 16.6 Å². The lowest BCUT2D eigenvalue weighted by Crippen LogP contribution is -2.35. The Kier molecular flexibility index (Phi) is 6.52. The lowest BCUT2D eigenvalue weighted by Gasteiger charge is -2.30. The topological polar surface area (TPSA) is 75.7 Å². The molecule has 0 radical (unpaired) electrons. The van der Waals surface area contributed by atoms with Gasteiger partial charge in [0.2, 0.25) is 0 Å². The maximum absolute atomic E-state index is 13.4. The monoisotopic (exact) mass is 490 g/mol. The summed E-state index contributed by atoms with van der Waals surface area (Å²) in [6, 6.07) is 20.7. The summed E-state index contributed by atoms with van der Waals surface area (Å²) in [4.78, 5) is 12.8. The van der Waals surface area contributed by atoms with Gasteiger partial charge in [0.25, 0.3) is 15.9 Å². The quantitative estimate of drug-likeness (QED) is 0.543. The number of sulfonamides is 1. The van der Waals surface area contributed by atoms with E-state index in [9.17, 15) is 13.2 Å². The Morgan fingerprint density at radius 2 is 1.74 bits per heavy atom. The molecular weight excluding hydrogens is 460 g/mol. The van der Waals surface area contributed by atoms with E-state index in [0.29, 0.717) is 17.9 Å². The third-order valence-electron chi connectivity index (χ3n) is 6.87. The van der Waals surface area contributed by atoms with Gasteiger partial charge in [0.15, 0.2) is 6.61 Å². The van der Waals surface area contributed by atoms with Gasteiger partial charge in [-0.25, -0.2) is 8.42 Å². The summed E-state index contributed by atoms with van der Waals surface area (Å²) >= 11 is 0. The van der Waals surface area contributed by atoms with Crippen LogP contribution in [0, 0.1) is 6.92 Å². The molecule has 1 aliphatic carbocycles. The van der Waals surface area contributed by atoms with Crippen LogP contribution in [0.4, 0.5) is 5.69 Å². The number of ether oxygens (including phenoxy) is 1. The number of fused-ring (bicyclic) bond motifs is 2. The molecule has 2 aliphatic rings. The zero-order chi connectivity index (χ0) is 24.4. The average Bonchev–Trinajstić information content (AvgIpc) is 2.88. The number of benzene rings is 3. The highest BCUT2D eigenvalue weighted by atomic mass is 32.2. The molecule has 0 saturated carbocycles. The molecule has 3 aromatic rings. The summed E-state index contributed by atoms with van der Waals surface area (Å²) in [5.74, 6) is 0.315. The molecule has 0 fully saturated rings. The van der Waals surface area contributed by atoms with Gasteiger partial charge in [-0.05, 0) is 85.5 Å². The van der Waals surface area contributed by atoms with E-state index in [1.54, 1.807) is 25.1 Å². The Morgan fingerprint density at radius 1 is 1.00 bits per heavy atom. The predicted molar refractivity (Wildman–Crippen MR) is 136 cm³/mol. The van der Waals surface area contributed by atoms with Crippen LogP contribution in [0.1, 0.15) is 47.6 Å². The van der Waals surface area contributed by atoms with Gasteiger partial charge in [-0.2, -0.15) is 0 Å². The number of carbonyl (C=O) groups is 1. The van der Waals surface area contributed by atoms with Crippen molar-refractivity contribution in [1.82, 2.24) is 5.32 Å². The average molecular weight is 491 g/mol. The van der Waals surface area contributed by atoms with Gasteiger partial charge >= 0.3 is 0 Å². The molecular formula is C28H30N2O4S. The summed E-state index contributed by atoms with van der Waals surface area (Å²) in [5.41, 5.74) is 4.93. The molecule has 35 heavy (non-hydrogen) atoms. The van der Waals surface area contributed by atoms with Crippen molar-refractivity contribution in [3.63, 3.8) is 0 Å². The van der Waals surface area contributed by atoms with Crippen molar-refractivity contribution < 1.29 is 17.9 Å². The molecule has 0 bridgehead atoms. The molecule has 1 aliphatic heterocycles. The summed E-state index contributed by atoms with van der Waals surface area (Å²) in [6.07, 6.45) is 4.66. The minimum atomic E-state index is -3.70. The first-order valence-electron chi connectivity index (χ1n) is 12.1. The van der Waals surface area contributed by atoms with Crippen LogP contribution in [0.5, 0.6) is 5.75 Å². The van der Waals surface area contributed by atoms with Crippen molar-refractivity contribution in [2.75, 3.05) is 17.5 Å². The van der Waals surface area contributed by atoms with E-state index >= 15 is 0 Å². The number of rotatable bonds is 6. The molecule has 1 atom stereocenters. The van der Waals surface area contributed by atoms with E-state index in [0.717, 1.165) is 43.4 Å². The van der Waals surface area contributed by atoms with E-state index in [1.165, 1.54) is 15.4 Å². The van der Waals surface area contributed by atoms with Gasteiger partial charge in [-0.15, -0.1) is 0 Å². The fraction of sp³-hybridized carbons (Fsp3) is 0.321. The number of anilines is 1. The number of para-hydroxylation sites is 1. The first-order chi connectivity index (χ1) is 16.9. The number of aryl methyl sites for hydroxylation is 3. The number of hydrogen-bond donors (Lipinski definition) is 1.